The van der Waals surface area contributed by atoms with Gasteiger partial charge in [-0.25, -0.2) is 0 Å². The molecule has 1 aromatic heterocycles. The average molecular weight is 267 g/mol. The van der Waals surface area contributed by atoms with Crippen molar-refractivity contribution in [2.45, 2.75) is 12.5 Å². The second-order valence-electron chi connectivity index (χ2n) is 4.33. The van der Waals surface area contributed by atoms with Gasteiger partial charge in [-0.15, -0.1) is 11.3 Å². The molecule has 1 aliphatic rings. The minimum absolute atomic E-state index is 0.0338. The van der Waals surface area contributed by atoms with Crippen LogP contribution in [0.5, 0.6) is 0 Å². The summed E-state index contributed by atoms with van der Waals surface area (Å²) in [6.45, 7) is 1.29. The number of nitrogens with one attached hydrogen (secondary N) is 2. The van der Waals surface area contributed by atoms with Crippen LogP contribution in [0.1, 0.15) is 4.88 Å². The van der Waals surface area contributed by atoms with Gasteiger partial charge in [0.1, 0.15) is 6.04 Å². The summed E-state index contributed by atoms with van der Waals surface area (Å²) in [5.74, 6) is -0.0214. The third-order valence-corrected chi connectivity index (χ3v) is 3.90. The van der Waals surface area contributed by atoms with E-state index in [-0.39, 0.29) is 24.4 Å². The number of piperazine rings is 1. The third-order valence-electron chi connectivity index (χ3n) is 2.96. The van der Waals surface area contributed by atoms with Crippen molar-refractivity contribution >= 4 is 23.2 Å². The number of nitrogens with zero attached hydrogens (tertiary/aromatic N) is 1. The predicted molar refractivity (Wildman–Crippen MR) is 70.5 cm³/mol. The summed E-state index contributed by atoms with van der Waals surface area (Å²) in [5, 5.41) is 7.67. The van der Waals surface area contributed by atoms with Crippen LogP contribution in [0, 0.1) is 0 Å². The molecule has 1 aliphatic heterocycles. The van der Waals surface area contributed by atoms with Gasteiger partial charge in [0, 0.05) is 25.0 Å². The molecule has 2 N–H and O–H groups in total. The highest BCUT2D eigenvalue weighted by atomic mass is 32.1. The molecule has 6 heteroatoms. The monoisotopic (exact) mass is 267 g/mol. The first-order valence-corrected chi connectivity index (χ1v) is 6.82. The first kappa shape index (κ1) is 13.0. The summed E-state index contributed by atoms with van der Waals surface area (Å²) < 4.78 is 0. The SMILES string of the molecule is CN(CCc1cccs1)C(=O)C1CNC(=O)CN1. The van der Waals surface area contributed by atoms with E-state index in [4.69, 9.17) is 0 Å². The van der Waals surface area contributed by atoms with Crippen LogP contribution in [-0.2, 0) is 16.0 Å². The Morgan fingerprint density at radius 2 is 2.44 bits per heavy atom. The fraction of sp³-hybridized carbons (Fsp3) is 0.500. The number of thiophene rings is 1. The first-order chi connectivity index (χ1) is 8.66. The summed E-state index contributed by atoms with van der Waals surface area (Å²) in [4.78, 5) is 26.1. The molecule has 0 aliphatic carbocycles. The van der Waals surface area contributed by atoms with Gasteiger partial charge in [0.15, 0.2) is 0 Å². The molecule has 98 valence electrons. The molecule has 2 heterocycles. The van der Waals surface area contributed by atoms with Gasteiger partial charge in [-0.1, -0.05) is 6.07 Å². The molecule has 1 fully saturated rings. The zero-order chi connectivity index (χ0) is 13.0. The van der Waals surface area contributed by atoms with Gasteiger partial charge in [0.25, 0.3) is 0 Å². The van der Waals surface area contributed by atoms with Crippen molar-refractivity contribution in [3.05, 3.63) is 22.4 Å². The van der Waals surface area contributed by atoms with E-state index in [1.54, 1.807) is 23.3 Å². The topological polar surface area (TPSA) is 61.4 Å². The normalized spacial score (nSPS) is 19.4. The van der Waals surface area contributed by atoms with Crippen LogP contribution in [0.4, 0.5) is 0 Å². The molecule has 0 aromatic carbocycles. The Kier molecular flexibility index (Phi) is 4.33. The Hall–Kier alpha value is -1.40. The maximum absolute atomic E-state index is 12.1. The average Bonchev–Trinajstić information content (AvgIpc) is 2.89. The van der Waals surface area contributed by atoms with Crippen molar-refractivity contribution in [3.8, 4) is 0 Å². The smallest absolute Gasteiger partial charge is 0.241 e. The number of likely N-dealkylation sites (N-methyl/N-ethyl adjacent to an activating group) is 1. The zero-order valence-corrected chi connectivity index (χ0v) is 11.1. The van der Waals surface area contributed by atoms with E-state index in [9.17, 15) is 9.59 Å². The summed E-state index contributed by atoms with van der Waals surface area (Å²) >= 11 is 1.70. The van der Waals surface area contributed by atoms with E-state index in [1.165, 1.54) is 4.88 Å². The highest BCUT2D eigenvalue weighted by molar-refractivity contribution is 7.09. The Balaban J connectivity index is 1.79. The van der Waals surface area contributed by atoms with Crippen molar-refractivity contribution in [2.75, 3.05) is 26.7 Å². The molecule has 1 saturated heterocycles. The quantitative estimate of drug-likeness (QED) is 0.797. The molecule has 0 saturated carbocycles. The first-order valence-electron chi connectivity index (χ1n) is 5.94. The van der Waals surface area contributed by atoms with Crippen LogP contribution in [0.3, 0.4) is 0 Å². The molecule has 0 radical (unpaired) electrons. The van der Waals surface area contributed by atoms with Crippen LogP contribution in [0.2, 0.25) is 0 Å². The van der Waals surface area contributed by atoms with Crippen molar-refractivity contribution in [1.29, 1.82) is 0 Å². The maximum Gasteiger partial charge on any atom is 0.241 e. The molecule has 1 atom stereocenters. The van der Waals surface area contributed by atoms with Gasteiger partial charge < -0.3 is 10.2 Å². The molecule has 1 aromatic rings. The number of rotatable bonds is 4. The number of hydrogen-bond donors (Lipinski definition) is 2. The van der Waals surface area contributed by atoms with Crippen LogP contribution < -0.4 is 10.6 Å². The van der Waals surface area contributed by atoms with E-state index in [0.717, 1.165) is 6.42 Å². The Morgan fingerprint density at radius 1 is 1.61 bits per heavy atom. The van der Waals surface area contributed by atoms with E-state index in [0.29, 0.717) is 13.1 Å². The summed E-state index contributed by atoms with van der Waals surface area (Å²) in [6.07, 6.45) is 0.874. The third kappa shape index (κ3) is 3.30. The van der Waals surface area contributed by atoms with Gasteiger partial charge in [-0.05, 0) is 17.9 Å². The number of carbonyl (C=O) groups excluding carboxylic acids is 2. The molecule has 2 rings (SSSR count). The molecule has 18 heavy (non-hydrogen) atoms. The maximum atomic E-state index is 12.1. The summed E-state index contributed by atoms with van der Waals surface area (Å²) in [5.41, 5.74) is 0. The van der Waals surface area contributed by atoms with E-state index >= 15 is 0 Å². The lowest BCUT2D eigenvalue weighted by Gasteiger charge is -2.27. The molecule has 1 unspecified atom stereocenters. The van der Waals surface area contributed by atoms with Crippen LogP contribution in [0.15, 0.2) is 17.5 Å². The zero-order valence-electron chi connectivity index (χ0n) is 10.3. The second kappa shape index (κ2) is 5.97. The molecule has 0 bridgehead atoms. The van der Waals surface area contributed by atoms with Gasteiger partial charge in [-0.2, -0.15) is 0 Å². The standard InChI is InChI=1S/C12H17N3O2S/c1-15(5-4-9-3-2-6-18-9)12(17)10-7-14-11(16)8-13-10/h2-3,6,10,13H,4-5,7-8H2,1H3,(H,14,16). The van der Waals surface area contributed by atoms with E-state index < -0.39 is 0 Å². The molecule has 0 spiro atoms. The molecule has 5 nitrogen and oxygen atoms in total. The van der Waals surface area contributed by atoms with Crippen molar-refractivity contribution in [1.82, 2.24) is 15.5 Å². The molecule has 2 amide bonds. The fourth-order valence-corrected chi connectivity index (χ4v) is 2.55. The van der Waals surface area contributed by atoms with Gasteiger partial charge in [-0.3, -0.25) is 14.9 Å². The van der Waals surface area contributed by atoms with Gasteiger partial charge in [0.2, 0.25) is 11.8 Å². The number of hydrogen-bond acceptors (Lipinski definition) is 4. The predicted octanol–water partition coefficient (Wildman–Crippen LogP) is -0.163. The Labute approximate surface area is 110 Å². The lowest BCUT2D eigenvalue weighted by atomic mass is 10.2. The second-order valence-corrected chi connectivity index (χ2v) is 5.36. The summed E-state index contributed by atoms with van der Waals surface area (Å²) in [6, 6.07) is 3.79. The van der Waals surface area contributed by atoms with Gasteiger partial charge >= 0.3 is 0 Å². The highest BCUT2D eigenvalue weighted by Gasteiger charge is 2.25. The minimum Gasteiger partial charge on any atom is -0.353 e. The Bertz CT molecular complexity index is 409. The lowest BCUT2D eigenvalue weighted by molar-refractivity contribution is -0.133. The van der Waals surface area contributed by atoms with Crippen molar-refractivity contribution < 1.29 is 9.59 Å². The molecular weight excluding hydrogens is 250 g/mol. The van der Waals surface area contributed by atoms with Gasteiger partial charge in [0.05, 0.1) is 6.54 Å². The molecular formula is C12H17N3O2S. The summed E-state index contributed by atoms with van der Waals surface area (Å²) in [7, 11) is 1.80. The van der Waals surface area contributed by atoms with E-state index in [2.05, 4.69) is 16.7 Å². The lowest BCUT2D eigenvalue weighted by Crippen LogP contribution is -2.58. The number of carbonyl (C=O) groups is 2. The number of amides is 2. The largest absolute Gasteiger partial charge is 0.353 e. The highest BCUT2D eigenvalue weighted by Crippen LogP contribution is 2.09. The minimum atomic E-state index is -0.295. The van der Waals surface area contributed by atoms with Crippen molar-refractivity contribution in [2.24, 2.45) is 0 Å². The van der Waals surface area contributed by atoms with E-state index in [1.807, 2.05) is 11.4 Å². The fourth-order valence-electron chi connectivity index (χ4n) is 1.85. The van der Waals surface area contributed by atoms with Crippen LogP contribution in [0.25, 0.3) is 0 Å². The Morgan fingerprint density at radius 3 is 3.06 bits per heavy atom. The van der Waals surface area contributed by atoms with Crippen LogP contribution in [-0.4, -0.2) is 49.4 Å². The van der Waals surface area contributed by atoms with Crippen molar-refractivity contribution in [3.63, 3.8) is 0 Å². The van der Waals surface area contributed by atoms with Crippen LogP contribution >= 0.6 is 11.3 Å².